The Bertz CT molecular complexity index is 272. The minimum absolute atomic E-state index is 0.0945. The fourth-order valence-electron chi connectivity index (χ4n) is 1.38. The Balaban J connectivity index is 2.98. The molecule has 1 atom stereocenters. The normalized spacial score (nSPS) is 14.5. The second-order valence-electron chi connectivity index (χ2n) is 4.32. The highest BCUT2D eigenvalue weighted by Gasteiger charge is 2.28. The highest BCUT2D eigenvalue weighted by atomic mass is 15.5. The molecule has 5 nitrogen and oxygen atoms in total. The van der Waals surface area contributed by atoms with Gasteiger partial charge in [0.2, 0.25) is 0 Å². The molecule has 0 saturated heterocycles. The minimum Gasteiger partial charge on any atom is -0.330 e. The molecule has 0 spiro atoms. The van der Waals surface area contributed by atoms with Crippen molar-refractivity contribution in [3.63, 3.8) is 0 Å². The van der Waals surface area contributed by atoms with Gasteiger partial charge >= 0.3 is 0 Å². The van der Waals surface area contributed by atoms with Crippen molar-refractivity contribution in [2.75, 3.05) is 6.54 Å². The summed E-state index contributed by atoms with van der Waals surface area (Å²) in [5, 5.41) is 11.4. The summed E-state index contributed by atoms with van der Waals surface area (Å²) in [4.78, 5) is 0. The van der Waals surface area contributed by atoms with Gasteiger partial charge < -0.3 is 5.73 Å². The molecule has 0 aromatic carbocycles. The third-order valence-corrected chi connectivity index (χ3v) is 2.25. The quantitative estimate of drug-likeness (QED) is 0.716. The molecule has 1 heterocycles. The molecule has 74 valence electrons. The first kappa shape index (κ1) is 10.1. The molecule has 1 aromatic heterocycles. The van der Waals surface area contributed by atoms with Crippen LogP contribution in [0.4, 0.5) is 0 Å². The van der Waals surface area contributed by atoms with Crippen molar-refractivity contribution in [3.8, 4) is 0 Å². The second kappa shape index (κ2) is 3.41. The highest BCUT2D eigenvalue weighted by molar-refractivity contribution is 4.99. The molecule has 0 bridgehead atoms. The third kappa shape index (κ3) is 2.03. The van der Waals surface area contributed by atoms with Gasteiger partial charge in [-0.25, -0.2) is 4.68 Å². The molecular formula is C8H17N5. The van der Waals surface area contributed by atoms with Crippen LogP contribution in [0.15, 0.2) is 0 Å². The highest BCUT2D eigenvalue weighted by Crippen LogP contribution is 2.32. The maximum atomic E-state index is 5.71. The standard InChI is InChI=1S/C8H17N5/c1-8(2,3)6(5-9)7-10-11-12-13(7)4/h6H,5,9H2,1-4H3. The Morgan fingerprint density at radius 2 is 2.08 bits per heavy atom. The average Bonchev–Trinajstić information content (AvgIpc) is 2.35. The fraction of sp³-hybridized carbons (Fsp3) is 0.875. The van der Waals surface area contributed by atoms with Gasteiger partial charge in [0, 0.05) is 19.5 Å². The second-order valence-corrected chi connectivity index (χ2v) is 4.32. The number of aryl methyl sites for hydroxylation is 1. The van der Waals surface area contributed by atoms with E-state index in [0.29, 0.717) is 6.54 Å². The van der Waals surface area contributed by atoms with Crippen LogP contribution in [-0.2, 0) is 7.05 Å². The molecule has 2 N–H and O–H groups in total. The van der Waals surface area contributed by atoms with Gasteiger partial charge in [-0.3, -0.25) is 0 Å². The predicted octanol–water partition coefficient (Wildman–Crippen LogP) is 0.298. The first-order valence-corrected chi connectivity index (χ1v) is 4.39. The number of nitrogens with zero attached hydrogens (tertiary/aromatic N) is 4. The summed E-state index contributed by atoms with van der Waals surface area (Å²) in [6.45, 7) is 6.98. The van der Waals surface area contributed by atoms with E-state index in [-0.39, 0.29) is 11.3 Å². The number of hydrogen-bond donors (Lipinski definition) is 1. The summed E-state index contributed by atoms with van der Waals surface area (Å²) < 4.78 is 1.68. The van der Waals surface area contributed by atoms with Crippen LogP contribution in [0.5, 0.6) is 0 Å². The molecule has 1 unspecified atom stereocenters. The van der Waals surface area contributed by atoms with Crippen LogP contribution in [0.25, 0.3) is 0 Å². The van der Waals surface area contributed by atoms with E-state index in [2.05, 4.69) is 36.3 Å². The van der Waals surface area contributed by atoms with E-state index >= 15 is 0 Å². The lowest BCUT2D eigenvalue weighted by Gasteiger charge is -2.27. The van der Waals surface area contributed by atoms with E-state index in [1.54, 1.807) is 4.68 Å². The van der Waals surface area contributed by atoms with E-state index in [9.17, 15) is 0 Å². The largest absolute Gasteiger partial charge is 0.330 e. The van der Waals surface area contributed by atoms with Crippen molar-refractivity contribution in [1.82, 2.24) is 20.2 Å². The van der Waals surface area contributed by atoms with Gasteiger partial charge in [-0.15, -0.1) is 5.10 Å². The minimum atomic E-state index is 0.0945. The number of hydrogen-bond acceptors (Lipinski definition) is 4. The van der Waals surface area contributed by atoms with Crippen LogP contribution in [0.1, 0.15) is 32.5 Å². The number of nitrogens with two attached hydrogens (primary N) is 1. The van der Waals surface area contributed by atoms with Gasteiger partial charge in [-0.1, -0.05) is 20.8 Å². The van der Waals surface area contributed by atoms with Crippen LogP contribution < -0.4 is 5.73 Å². The zero-order valence-corrected chi connectivity index (χ0v) is 8.65. The fourth-order valence-corrected chi connectivity index (χ4v) is 1.38. The molecule has 0 aliphatic heterocycles. The molecule has 0 fully saturated rings. The molecule has 0 radical (unpaired) electrons. The summed E-state index contributed by atoms with van der Waals surface area (Å²) >= 11 is 0. The lowest BCUT2D eigenvalue weighted by Crippen LogP contribution is -2.28. The predicted molar refractivity (Wildman–Crippen MR) is 50.0 cm³/mol. The monoisotopic (exact) mass is 183 g/mol. The van der Waals surface area contributed by atoms with Gasteiger partial charge in [-0.2, -0.15) is 0 Å². The van der Waals surface area contributed by atoms with E-state index < -0.39 is 0 Å². The van der Waals surface area contributed by atoms with Crippen LogP contribution in [-0.4, -0.2) is 26.8 Å². The molecule has 5 heteroatoms. The summed E-state index contributed by atoms with van der Waals surface area (Å²) in [7, 11) is 1.84. The van der Waals surface area contributed by atoms with Crippen molar-refractivity contribution < 1.29 is 0 Å². The van der Waals surface area contributed by atoms with E-state index in [0.717, 1.165) is 5.82 Å². The van der Waals surface area contributed by atoms with Crippen molar-refractivity contribution >= 4 is 0 Å². The Morgan fingerprint density at radius 1 is 1.46 bits per heavy atom. The summed E-state index contributed by atoms with van der Waals surface area (Å²) in [6.07, 6.45) is 0. The zero-order valence-electron chi connectivity index (χ0n) is 8.65. The van der Waals surface area contributed by atoms with Crippen molar-refractivity contribution in [1.29, 1.82) is 0 Å². The molecule has 0 saturated carbocycles. The molecule has 1 rings (SSSR count). The zero-order chi connectivity index (χ0) is 10.1. The van der Waals surface area contributed by atoms with E-state index in [1.165, 1.54) is 0 Å². The molecular weight excluding hydrogens is 166 g/mol. The van der Waals surface area contributed by atoms with Gasteiger partial charge in [0.15, 0.2) is 5.82 Å². The number of aromatic nitrogens is 4. The third-order valence-electron chi connectivity index (χ3n) is 2.25. The summed E-state index contributed by atoms with van der Waals surface area (Å²) in [5.41, 5.74) is 5.80. The smallest absolute Gasteiger partial charge is 0.155 e. The van der Waals surface area contributed by atoms with Gasteiger partial charge in [-0.05, 0) is 15.8 Å². The Labute approximate surface area is 78.3 Å². The summed E-state index contributed by atoms with van der Waals surface area (Å²) in [6, 6.07) is 0. The van der Waals surface area contributed by atoms with Crippen LogP contribution in [0.3, 0.4) is 0 Å². The van der Waals surface area contributed by atoms with E-state index in [4.69, 9.17) is 5.73 Å². The summed E-state index contributed by atoms with van der Waals surface area (Å²) in [5.74, 6) is 1.06. The first-order chi connectivity index (χ1) is 5.96. The maximum Gasteiger partial charge on any atom is 0.155 e. The number of tetrazole rings is 1. The SMILES string of the molecule is Cn1nnnc1C(CN)C(C)(C)C. The number of rotatable bonds is 2. The maximum absolute atomic E-state index is 5.71. The average molecular weight is 183 g/mol. The molecule has 13 heavy (non-hydrogen) atoms. The van der Waals surface area contributed by atoms with E-state index in [1.807, 2.05) is 7.05 Å². The van der Waals surface area contributed by atoms with Crippen LogP contribution >= 0.6 is 0 Å². The molecule has 0 aliphatic rings. The van der Waals surface area contributed by atoms with Gasteiger partial charge in [0.1, 0.15) is 0 Å². The molecule has 0 aliphatic carbocycles. The van der Waals surface area contributed by atoms with Crippen molar-refractivity contribution in [2.24, 2.45) is 18.2 Å². The Morgan fingerprint density at radius 3 is 2.38 bits per heavy atom. The van der Waals surface area contributed by atoms with Crippen molar-refractivity contribution in [2.45, 2.75) is 26.7 Å². The van der Waals surface area contributed by atoms with Gasteiger partial charge in [0.25, 0.3) is 0 Å². The lowest BCUT2D eigenvalue weighted by molar-refractivity contribution is 0.307. The lowest BCUT2D eigenvalue weighted by atomic mass is 9.80. The topological polar surface area (TPSA) is 69.6 Å². The Kier molecular flexibility index (Phi) is 2.66. The first-order valence-electron chi connectivity index (χ1n) is 4.39. The van der Waals surface area contributed by atoms with Crippen LogP contribution in [0.2, 0.25) is 0 Å². The molecule has 1 aromatic rings. The van der Waals surface area contributed by atoms with Crippen LogP contribution in [0, 0.1) is 5.41 Å². The van der Waals surface area contributed by atoms with Crippen molar-refractivity contribution in [3.05, 3.63) is 5.82 Å². The van der Waals surface area contributed by atoms with Gasteiger partial charge in [0.05, 0.1) is 0 Å². The Hall–Kier alpha value is -0.970. The molecule has 0 amide bonds.